The fourth-order valence-electron chi connectivity index (χ4n) is 2.55. The molecule has 0 aliphatic heterocycles. The summed E-state index contributed by atoms with van der Waals surface area (Å²) in [6.07, 6.45) is 2.59. The van der Waals surface area contributed by atoms with E-state index in [0.717, 1.165) is 0 Å². The minimum absolute atomic E-state index is 0.245. The smallest absolute Gasteiger partial charge is 0.114 e. The van der Waals surface area contributed by atoms with Gasteiger partial charge in [0.1, 0.15) is 5.01 Å². The molecule has 0 radical (unpaired) electrons. The summed E-state index contributed by atoms with van der Waals surface area (Å²) in [6, 6.07) is 7.64. The van der Waals surface area contributed by atoms with Crippen molar-refractivity contribution >= 4 is 11.3 Å². The Bertz CT molecular complexity index is 626. The van der Waals surface area contributed by atoms with E-state index in [0.29, 0.717) is 12.0 Å². The van der Waals surface area contributed by atoms with Crippen LogP contribution in [0.2, 0.25) is 0 Å². The Balaban J connectivity index is 1.97. The van der Waals surface area contributed by atoms with Crippen LogP contribution in [0.4, 0.5) is 0 Å². The maximum Gasteiger partial charge on any atom is 0.114 e. The maximum atomic E-state index is 4.89. The molecule has 2 aromatic rings. The molecule has 1 unspecified atom stereocenters. The molecule has 3 rings (SSSR count). The number of benzene rings is 1. The monoisotopic (exact) mass is 300 g/mol. The second-order valence-corrected chi connectivity index (χ2v) is 7.39. The predicted molar refractivity (Wildman–Crippen MR) is 90.1 cm³/mol. The Kier molecular flexibility index (Phi) is 4.14. The van der Waals surface area contributed by atoms with E-state index >= 15 is 0 Å². The summed E-state index contributed by atoms with van der Waals surface area (Å²) in [5.41, 5.74) is 5.26. The molecule has 3 heteroatoms. The number of hydrogen-bond acceptors (Lipinski definition) is 3. The average Bonchev–Trinajstić information content (AvgIpc) is 3.12. The third-order valence-electron chi connectivity index (χ3n) is 4.10. The zero-order valence-electron chi connectivity index (χ0n) is 13.3. The van der Waals surface area contributed by atoms with Crippen LogP contribution >= 0.6 is 11.3 Å². The van der Waals surface area contributed by atoms with Crippen LogP contribution in [0.3, 0.4) is 0 Å². The highest BCUT2D eigenvalue weighted by molar-refractivity contribution is 7.09. The van der Waals surface area contributed by atoms with E-state index in [-0.39, 0.29) is 6.04 Å². The number of hydrogen-bond donors (Lipinski definition) is 1. The fraction of sp³-hybridized carbons (Fsp3) is 0.500. The van der Waals surface area contributed by atoms with Crippen molar-refractivity contribution in [1.29, 1.82) is 0 Å². The van der Waals surface area contributed by atoms with Gasteiger partial charge in [0, 0.05) is 11.4 Å². The zero-order chi connectivity index (χ0) is 15.0. The minimum Gasteiger partial charge on any atom is -0.301 e. The van der Waals surface area contributed by atoms with E-state index in [1.165, 1.54) is 40.2 Å². The van der Waals surface area contributed by atoms with E-state index in [4.69, 9.17) is 4.98 Å². The van der Waals surface area contributed by atoms with Crippen LogP contribution in [0, 0.1) is 13.8 Å². The van der Waals surface area contributed by atoms with Gasteiger partial charge in [0.15, 0.2) is 0 Å². The van der Waals surface area contributed by atoms with Crippen molar-refractivity contribution < 1.29 is 0 Å². The van der Waals surface area contributed by atoms with Crippen molar-refractivity contribution in [2.45, 2.75) is 58.5 Å². The molecule has 1 atom stereocenters. The van der Waals surface area contributed by atoms with Crippen molar-refractivity contribution in [2.24, 2.45) is 0 Å². The fourth-order valence-corrected chi connectivity index (χ4v) is 3.60. The van der Waals surface area contributed by atoms with Crippen LogP contribution in [0.15, 0.2) is 23.6 Å². The Morgan fingerprint density at radius 1 is 1.24 bits per heavy atom. The molecular formula is C18H24N2S. The average molecular weight is 300 g/mol. The molecule has 1 aliphatic rings. The van der Waals surface area contributed by atoms with Crippen molar-refractivity contribution in [3.05, 3.63) is 51.0 Å². The first-order chi connectivity index (χ1) is 10.0. The molecule has 1 fully saturated rings. The van der Waals surface area contributed by atoms with Gasteiger partial charge in [-0.1, -0.05) is 37.6 Å². The summed E-state index contributed by atoms with van der Waals surface area (Å²) >= 11 is 1.79. The third-order valence-corrected chi connectivity index (χ3v) is 5.03. The SMILES string of the molecule is Cc1ccc(C)c(C(NC2CC2)c2nc(C(C)C)cs2)c1. The lowest BCUT2D eigenvalue weighted by Gasteiger charge is -2.19. The van der Waals surface area contributed by atoms with Crippen LogP contribution in [0.25, 0.3) is 0 Å². The van der Waals surface area contributed by atoms with Gasteiger partial charge in [-0.25, -0.2) is 4.98 Å². The van der Waals surface area contributed by atoms with Gasteiger partial charge < -0.3 is 5.32 Å². The quantitative estimate of drug-likeness (QED) is 0.864. The molecular weight excluding hydrogens is 276 g/mol. The van der Waals surface area contributed by atoms with Gasteiger partial charge in [0.05, 0.1) is 11.7 Å². The molecule has 0 bridgehead atoms. The Morgan fingerprint density at radius 3 is 2.62 bits per heavy atom. The molecule has 1 saturated carbocycles. The van der Waals surface area contributed by atoms with Crippen LogP contribution in [-0.2, 0) is 0 Å². The molecule has 112 valence electrons. The number of rotatable bonds is 5. The van der Waals surface area contributed by atoms with Gasteiger partial charge in [0.2, 0.25) is 0 Å². The van der Waals surface area contributed by atoms with Gasteiger partial charge in [-0.05, 0) is 43.7 Å². The first kappa shape index (κ1) is 14.7. The largest absolute Gasteiger partial charge is 0.301 e. The first-order valence-electron chi connectivity index (χ1n) is 7.83. The van der Waals surface area contributed by atoms with Crippen LogP contribution in [-0.4, -0.2) is 11.0 Å². The molecule has 1 aromatic heterocycles. The van der Waals surface area contributed by atoms with Gasteiger partial charge in [0.25, 0.3) is 0 Å². The topological polar surface area (TPSA) is 24.9 Å². The molecule has 1 heterocycles. The van der Waals surface area contributed by atoms with E-state index in [2.05, 4.69) is 56.6 Å². The van der Waals surface area contributed by atoms with Crippen LogP contribution in [0.5, 0.6) is 0 Å². The number of aryl methyl sites for hydroxylation is 2. The van der Waals surface area contributed by atoms with E-state index in [1.54, 1.807) is 11.3 Å². The maximum absolute atomic E-state index is 4.89. The molecule has 1 aromatic carbocycles. The van der Waals surface area contributed by atoms with E-state index in [1.807, 2.05) is 0 Å². The molecule has 2 nitrogen and oxygen atoms in total. The highest BCUT2D eigenvalue weighted by Crippen LogP contribution is 2.33. The molecule has 21 heavy (non-hydrogen) atoms. The summed E-state index contributed by atoms with van der Waals surface area (Å²) < 4.78 is 0. The Hall–Kier alpha value is -1.19. The predicted octanol–water partition coefficient (Wildman–Crippen LogP) is 4.72. The number of nitrogens with zero attached hydrogens (tertiary/aromatic N) is 1. The molecule has 0 spiro atoms. The lowest BCUT2D eigenvalue weighted by atomic mass is 9.99. The van der Waals surface area contributed by atoms with Gasteiger partial charge in [-0.3, -0.25) is 0 Å². The number of thiazole rings is 1. The summed E-state index contributed by atoms with van der Waals surface area (Å²) in [6.45, 7) is 8.78. The van der Waals surface area contributed by atoms with Crippen molar-refractivity contribution in [1.82, 2.24) is 10.3 Å². The van der Waals surface area contributed by atoms with Gasteiger partial charge in [-0.15, -0.1) is 11.3 Å². The van der Waals surface area contributed by atoms with Crippen molar-refractivity contribution in [2.75, 3.05) is 0 Å². The Morgan fingerprint density at radius 2 is 2.00 bits per heavy atom. The summed E-state index contributed by atoms with van der Waals surface area (Å²) in [7, 11) is 0. The normalized spacial score (nSPS) is 16.4. The summed E-state index contributed by atoms with van der Waals surface area (Å²) in [4.78, 5) is 4.89. The van der Waals surface area contributed by atoms with Crippen molar-refractivity contribution in [3.8, 4) is 0 Å². The van der Waals surface area contributed by atoms with Crippen molar-refractivity contribution in [3.63, 3.8) is 0 Å². The highest BCUT2D eigenvalue weighted by atomic mass is 32.1. The van der Waals surface area contributed by atoms with Crippen LogP contribution in [0.1, 0.15) is 66.0 Å². The second kappa shape index (κ2) is 5.90. The Labute approximate surface area is 131 Å². The summed E-state index contributed by atoms with van der Waals surface area (Å²) in [5.74, 6) is 0.496. The molecule has 1 N–H and O–H groups in total. The standard InChI is InChI=1S/C18H24N2S/c1-11(2)16-10-21-18(20-16)17(19-14-7-8-14)15-9-12(3)5-6-13(15)4/h5-6,9-11,14,17,19H,7-8H2,1-4H3. The zero-order valence-corrected chi connectivity index (χ0v) is 14.1. The number of aromatic nitrogens is 1. The van der Waals surface area contributed by atoms with Gasteiger partial charge >= 0.3 is 0 Å². The second-order valence-electron chi connectivity index (χ2n) is 6.50. The van der Waals surface area contributed by atoms with Gasteiger partial charge in [-0.2, -0.15) is 0 Å². The minimum atomic E-state index is 0.245. The van der Waals surface area contributed by atoms with E-state index < -0.39 is 0 Å². The molecule has 0 saturated heterocycles. The first-order valence-corrected chi connectivity index (χ1v) is 8.71. The molecule has 0 amide bonds. The third kappa shape index (κ3) is 3.35. The number of nitrogens with one attached hydrogen (secondary N) is 1. The summed E-state index contributed by atoms with van der Waals surface area (Å²) in [5, 5.41) is 7.21. The van der Waals surface area contributed by atoms with E-state index in [9.17, 15) is 0 Å². The lowest BCUT2D eigenvalue weighted by Crippen LogP contribution is -2.25. The highest BCUT2D eigenvalue weighted by Gasteiger charge is 2.28. The molecule has 1 aliphatic carbocycles. The van der Waals surface area contributed by atoms with Crippen LogP contribution < -0.4 is 5.32 Å². The lowest BCUT2D eigenvalue weighted by molar-refractivity contribution is 0.592.